The number of hydrogen-bond acceptors (Lipinski definition) is 1. The Bertz CT molecular complexity index is 836. The third kappa shape index (κ3) is 2.55. The van der Waals surface area contributed by atoms with Crippen molar-refractivity contribution in [2.45, 2.75) is 13.0 Å². The Morgan fingerprint density at radius 3 is 2.57 bits per heavy atom. The fourth-order valence-electron chi connectivity index (χ4n) is 3.21. The zero-order valence-corrected chi connectivity index (χ0v) is 12.9. The lowest BCUT2D eigenvalue weighted by molar-refractivity contribution is 0.0981. The van der Waals surface area contributed by atoms with Gasteiger partial charge in [-0.2, -0.15) is 0 Å². The summed E-state index contributed by atoms with van der Waals surface area (Å²) in [5, 5.41) is 0. The molecule has 0 atom stereocenters. The van der Waals surface area contributed by atoms with Crippen LogP contribution < -0.4 is 4.90 Å². The van der Waals surface area contributed by atoms with Gasteiger partial charge in [-0.15, -0.1) is 0 Å². The predicted molar refractivity (Wildman–Crippen MR) is 91.8 cm³/mol. The number of carbonyl (C=O) groups excluding carboxylic acids is 1. The van der Waals surface area contributed by atoms with Crippen LogP contribution in [0.2, 0.25) is 0 Å². The van der Waals surface area contributed by atoms with Gasteiger partial charge in [0.1, 0.15) is 5.69 Å². The Morgan fingerprint density at radius 2 is 1.70 bits per heavy atom. The fourth-order valence-corrected chi connectivity index (χ4v) is 3.21. The van der Waals surface area contributed by atoms with Crippen LogP contribution in [0.15, 0.2) is 72.9 Å². The van der Waals surface area contributed by atoms with Gasteiger partial charge < -0.3 is 9.47 Å². The highest BCUT2D eigenvalue weighted by Crippen LogP contribution is 2.29. The number of carbonyl (C=O) groups is 1. The predicted octanol–water partition coefficient (Wildman–Crippen LogP) is 3.74. The summed E-state index contributed by atoms with van der Waals surface area (Å²) >= 11 is 0. The fraction of sp³-hybridized carbons (Fsp3) is 0.150. The second-order valence-electron chi connectivity index (χ2n) is 5.84. The molecule has 0 aliphatic carbocycles. The first kappa shape index (κ1) is 13.8. The number of hydrogen-bond donors (Lipinski definition) is 0. The average Bonchev–Trinajstić information content (AvgIpc) is 3.22. The molecule has 1 amide bonds. The molecule has 3 aromatic rings. The van der Waals surface area contributed by atoms with Crippen molar-refractivity contribution in [1.82, 2.24) is 4.57 Å². The molecule has 1 aliphatic heterocycles. The number of benzene rings is 2. The van der Waals surface area contributed by atoms with E-state index in [1.54, 1.807) is 0 Å². The molecular formula is C20H18N2O. The van der Waals surface area contributed by atoms with E-state index >= 15 is 0 Å². The summed E-state index contributed by atoms with van der Waals surface area (Å²) in [6.07, 6.45) is 2.91. The summed E-state index contributed by atoms with van der Waals surface area (Å²) < 4.78 is 2.03. The zero-order valence-electron chi connectivity index (χ0n) is 12.9. The highest BCUT2D eigenvalue weighted by molar-refractivity contribution is 6.06. The van der Waals surface area contributed by atoms with E-state index in [1.807, 2.05) is 64.2 Å². The van der Waals surface area contributed by atoms with Gasteiger partial charge >= 0.3 is 0 Å². The minimum Gasteiger partial charge on any atom is -0.339 e. The molecule has 2 heterocycles. The standard InChI is InChI=1S/C20H18N2O/c23-20(22-14-12-17-9-4-5-10-18(17)22)19-11-6-13-21(19)15-16-7-2-1-3-8-16/h1-11,13H,12,14-15H2. The Morgan fingerprint density at radius 1 is 0.913 bits per heavy atom. The SMILES string of the molecule is O=C(c1cccn1Cc1ccccc1)N1CCc2ccccc21. The third-order valence-electron chi connectivity index (χ3n) is 4.38. The molecule has 0 spiro atoms. The van der Waals surface area contributed by atoms with Crippen LogP contribution >= 0.6 is 0 Å². The van der Waals surface area contributed by atoms with E-state index in [2.05, 4.69) is 18.2 Å². The first-order valence-electron chi connectivity index (χ1n) is 7.92. The summed E-state index contributed by atoms with van der Waals surface area (Å²) in [7, 11) is 0. The molecule has 2 aromatic carbocycles. The molecule has 0 radical (unpaired) electrons. The van der Waals surface area contributed by atoms with Crippen molar-refractivity contribution in [3.8, 4) is 0 Å². The molecule has 4 rings (SSSR count). The number of rotatable bonds is 3. The molecule has 0 saturated heterocycles. The maximum absolute atomic E-state index is 13.0. The minimum absolute atomic E-state index is 0.0795. The first-order valence-corrected chi connectivity index (χ1v) is 7.92. The Labute approximate surface area is 135 Å². The molecule has 0 fully saturated rings. The number of nitrogens with zero attached hydrogens (tertiary/aromatic N) is 2. The average molecular weight is 302 g/mol. The van der Waals surface area contributed by atoms with Crippen LogP contribution in [0.25, 0.3) is 0 Å². The Balaban J connectivity index is 1.62. The number of aromatic nitrogens is 1. The highest BCUT2D eigenvalue weighted by Gasteiger charge is 2.26. The second kappa shape index (κ2) is 5.76. The molecule has 1 aromatic heterocycles. The summed E-state index contributed by atoms with van der Waals surface area (Å²) in [6, 6.07) is 22.2. The molecule has 0 saturated carbocycles. The van der Waals surface area contributed by atoms with Crippen LogP contribution in [0.4, 0.5) is 5.69 Å². The maximum atomic E-state index is 13.0. The van der Waals surface area contributed by atoms with Gasteiger partial charge in [0.15, 0.2) is 0 Å². The van der Waals surface area contributed by atoms with Crippen LogP contribution in [0.3, 0.4) is 0 Å². The largest absolute Gasteiger partial charge is 0.339 e. The molecule has 0 bridgehead atoms. The quantitative estimate of drug-likeness (QED) is 0.723. The second-order valence-corrected chi connectivity index (χ2v) is 5.84. The zero-order chi connectivity index (χ0) is 15.6. The summed E-state index contributed by atoms with van der Waals surface area (Å²) in [5.41, 5.74) is 4.23. The topological polar surface area (TPSA) is 25.2 Å². The van der Waals surface area contributed by atoms with Gasteiger partial charge in [-0.3, -0.25) is 4.79 Å². The lowest BCUT2D eigenvalue weighted by Gasteiger charge is -2.18. The van der Waals surface area contributed by atoms with Crippen molar-refractivity contribution in [3.63, 3.8) is 0 Å². The molecular weight excluding hydrogens is 284 g/mol. The van der Waals surface area contributed by atoms with Gasteiger partial charge in [-0.05, 0) is 35.7 Å². The monoisotopic (exact) mass is 302 g/mol. The molecule has 0 N–H and O–H groups in total. The lowest BCUT2D eigenvalue weighted by atomic mass is 10.2. The van der Waals surface area contributed by atoms with E-state index in [1.165, 1.54) is 11.1 Å². The van der Waals surface area contributed by atoms with Crippen molar-refractivity contribution in [2.75, 3.05) is 11.4 Å². The van der Waals surface area contributed by atoms with Gasteiger partial charge in [-0.25, -0.2) is 0 Å². The van der Waals surface area contributed by atoms with Crippen LogP contribution in [0, 0.1) is 0 Å². The molecule has 0 unspecified atom stereocenters. The van der Waals surface area contributed by atoms with Crippen molar-refractivity contribution < 1.29 is 4.79 Å². The molecule has 3 heteroatoms. The van der Waals surface area contributed by atoms with Gasteiger partial charge in [0.05, 0.1) is 0 Å². The molecule has 23 heavy (non-hydrogen) atoms. The van der Waals surface area contributed by atoms with Crippen LogP contribution in [0.5, 0.6) is 0 Å². The van der Waals surface area contributed by atoms with E-state index in [9.17, 15) is 4.79 Å². The van der Waals surface area contributed by atoms with Gasteiger partial charge in [0.2, 0.25) is 0 Å². The third-order valence-corrected chi connectivity index (χ3v) is 4.38. The van der Waals surface area contributed by atoms with Crippen molar-refractivity contribution in [2.24, 2.45) is 0 Å². The Hall–Kier alpha value is -2.81. The van der Waals surface area contributed by atoms with E-state index in [4.69, 9.17) is 0 Å². The minimum atomic E-state index is 0.0795. The van der Waals surface area contributed by atoms with Crippen molar-refractivity contribution >= 4 is 11.6 Å². The van der Waals surface area contributed by atoms with Crippen molar-refractivity contribution in [3.05, 3.63) is 89.7 Å². The highest BCUT2D eigenvalue weighted by atomic mass is 16.2. The van der Waals surface area contributed by atoms with Crippen LogP contribution in [-0.4, -0.2) is 17.0 Å². The van der Waals surface area contributed by atoms with Gasteiger partial charge in [0, 0.05) is 25.0 Å². The van der Waals surface area contributed by atoms with E-state index in [0.29, 0.717) is 6.54 Å². The maximum Gasteiger partial charge on any atom is 0.274 e. The van der Waals surface area contributed by atoms with Gasteiger partial charge in [-0.1, -0.05) is 48.5 Å². The summed E-state index contributed by atoms with van der Waals surface area (Å²) in [5.74, 6) is 0.0795. The molecule has 3 nitrogen and oxygen atoms in total. The van der Waals surface area contributed by atoms with Crippen molar-refractivity contribution in [1.29, 1.82) is 0 Å². The van der Waals surface area contributed by atoms with E-state index in [-0.39, 0.29) is 5.91 Å². The summed E-state index contributed by atoms with van der Waals surface area (Å²) in [6.45, 7) is 1.47. The normalized spacial score (nSPS) is 13.1. The number of amides is 1. The van der Waals surface area contributed by atoms with Gasteiger partial charge in [0.25, 0.3) is 5.91 Å². The number of anilines is 1. The molecule has 114 valence electrons. The van der Waals surface area contributed by atoms with Crippen LogP contribution in [-0.2, 0) is 13.0 Å². The summed E-state index contributed by atoms with van der Waals surface area (Å²) in [4.78, 5) is 14.9. The molecule has 1 aliphatic rings. The van der Waals surface area contributed by atoms with E-state index in [0.717, 1.165) is 24.3 Å². The van der Waals surface area contributed by atoms with Crippen LogP contribution in [0.1, 0.15) is 21.6 Å². The number of fused-ring (bicyclic) bond motifs is 1. The lowest BCUT2D eigenvalue weighted by Crippen LogP contribution is -2.30. The smallest absolute Gasteiger partial charge is 0.274 e. The van der Waals surface area contributed by atoms with E-state index < -0.39 is 0 Å². The first-order chi connectivity index (χ1) is 11.3. The Kier molecular flexibility index (Phi) is 3.46. The number of para-hydroxylation sites is 1.